The Morgan fingerprint density at radius 1 is 1.35 bits per heavy atom. The molecule has 0 bridgehead atoms. The summed E-state index contributed by atoms with van der Waals surface area (Å²) in [5.41, 5.74) is 0. The van der Waals surface area contributed by atoms with Crippen LogP contribution in [0.3, 0.4) is 0 Å². The number of anilines is 2. The van der Waals surface area contributed by atoms with Crippen LogP contribution in [0.15, 0.2) is 6.20 Å². The monoisotopic (exact) mass is 298 g/mol. The molecule has 1 saturated carbocycles. The van der Waals surface area contributed by atoms with Gasteiger partial charge in [-0.25, -0.2) is 9.37 Å². The molecule has 1 aromatic heterocycles. The van der Waals surface area contributed by atoms with Crippen molar-refractivity contribution in [3.63, 3.8) is 0 Å². The standard InChI is InChI=1S/C14H23FN4S/c1-19(2)13-12(15)10-17-14(18-13)16-8-9-20-11-6-4-3-5-7-11/h10-11H,3-9H2,1-2H3,(H,16,17,18). The summed E-state index contributed by atoms with van der Waals surface area (Å²) < 4.78 is 13.5. The minimum Gasteiger partial charge on any atom is -0.360 e. The molecule has 2 rings (SSSR count). The number of hydrogen-bond acceptors (Lipinski definition) is 5. The third kappa shape index (κ3) is 4.51. The van der Waals surface area contributed by atoms with Crippen LogP contribution in [0.1, 0.15) is 32.1 Å². The Labute approximate surface area is 124 Å². The fraction of sp³-hybridized carbons (Fsp3) is 0.714. The van der Waals surface area contributed by atoms with Gasteiger partial charge in [-0.1, -0.05) is 19.3 Å². The molecule has 4 nitrogen and oxygen atoms in total. The molecule has 0 spiro atoms. The van der Waals surface area contributed by atoms with Crippen molar-refractivity contribution in [2.24, 2.45) is 0 Å². The summed E-state index contributed by atoms with van der Waals surface area (Å²) in [6, 6.07) is 0. The zero-order valence-electron chi connectivity index (χ0n) is 12.2. The lowest BCUT2D eigenvalue weighted by Gasteiger charge is -2.21. The highest BCUT2D eigenvalue weighted by molar-refractivity contribution is 7.99. The van der Waals surface area contributed by atoms with Gasteiger partial charge in [0.25, 0.3) is 0 Å². The van der Waals surface area contributed by atoms with Crippen molar-refractivity contribution in [1.29, 1.82) is 0 Å². The van der Waals surface area contributed by atoms with Gasteiger partial charge >= 0.3 is 0 Å². The van der Waals surface area contributed by atoms with E-state index in [2.05, 4.69) is 15.3 Å². The maximum absolute atomic E-state index is 13.5. The maximum atomic E-state index is 13.5. The first kappa shape index (κ1) is 15.4. The van der Waals surface area contributed by atoms with E-state index in [0.717, 1.165) is 17.5 Å². The molecule has 1 heterocycles. The second-order valence-electron chi connectivity index (χ2n) is 5.32. The maximum Gasteiger partial charge on any atom is 0.224 e. The van der Waals surface area contributed by atoms with E-state index in [-0.39, 0.29) is 0 Å². The second-order valence-corrected chi connectivity index (χ2v) is 6.73. The Balaban J connectivity index is 1.74. The molecule has 0 atom stereocenters. The first-order chi connectivity index (χ1) is 9.66. The van der Waals surface area contributed by atoms with Gasteiger partial charge in [0.15, 0.2) is 11.6 Å². The third-order valence-corrected chi connectivity index (χ3v) is 4.82. The van der Waals surface area contributed by atoms with Gasteiger partial charge in [0.2, 0.25) is 5.95 Å². The van der Waals surface area contributed by atoms with Crippen molar-refractivity contribution in [2.75, 3.05) is 36.6 Å². The van der Waals surface area contributed by atoms with Crippen molar-refractivity contribution >= 4 is 23.5 Å². The average molecular weight is 298 g/mol. The molecule has 1 aromatic rings. The lowest BCUT2D eigenvalue weighted by Crippen LogP contribution is -2.16. The summed E-state index contributed by atoms with van der Waals surface area (Å²) in [6.45, 7) is 0.819. The van der Waals surface area contributed by atoms with E-state index in [9.17, 15) is 4.39 Å². The van der Waals surface area contributed by atoms with Gasteiger partial charge in [-0.2, -0.15) is 16.7 Å². The molecule has 112 valence electrons. The minimum atomic E-state index is -0.392. The Kier molecular flexibility index (Phi) is 5.88. The number of hydrogen-bond donors (Lipinski definition) is 1. The van der Waals surface area contributed by atoms with E-state index in [1.54, 1.807) is 19.0 Å². The Hall–Kier alpha value is -1.04. The van der Waals surface area contributed by atoms with Crippen molar-refractivity contribution in [3.8, 4) is 0 Å². The first-order valence-electron chi connectivity index (χ1n) is 7.22. The highest BCUT2D eigenvalue weighted by Crippen LogP contribution is 2.27. The number of halogens is 1. The number of nitrogens with one attached hydrogen (secondary N) is 1. The lowest BCUT2D eigenvalue weighted by molar-refractivity contribution is 0.516. The van der Waals surface area contributed by atoms with Gasteiger partial charge in [0, 0.05) is 31.6 Å². The Morgan fingerprint density at radius 2 is 2.10 bits per heavy atom. The molecular formula is C14H23FN4S. The molecule has 0 unspecified atom stereocenters. The molecule has 20 heavy (non-hydrogen) atoms. The molecule has 1 N–H and O–H groups in total. The van der Waals surface area contributed by atoms with E-state index < -0.39 is 5.82 Å². The largest absolute Gasteiger partial charge is 0.360 e. The fourth-order valence-corrected chi connectivity index (χ4v) is 3.60. The van der Waals surface area contributed by atoms with Crippen molar-refractivity contribution in [1.82, 2.24) is 9.97 Å². The first-order valence-corrected chi connectivity index (χ1v) is 8.27. The van der Waals surface area contributed by atoms with E-state index in [4.69, 9.17) is 0 Å². The summed E-state index contributed by atoms with van der Waals surface area (Å²) in [7, 11) is 3.54. The van der Waals surface area contributed by atoms with Gasteiger partial charge in [-0.05, 0) is 12.8 Å². The molecular weight excluding hydrogens is 275 g/mol. The second kappa shape index (κ2) is 7.67. The Bertz CT molecular complexity index is 422. The van der Waals surface area contributed by atoms with E-state index in [1.165, 1.54) is 38.3 Å². The smallest absolute Gasteiger partial charge is 0.224 e. The van der Waals surface area contributed by atoms with Crippen LogP contribution in [0.5, 0.6) is 0 Å². The molecule has 0 aromatic carbocycles. The van der Waals surface area contributed by atoms with Gasteiger partial charge in [0.1, 0.15) is 0 Å². The van der Waals surface area contributed by atoms with Gasteiger partial charge < -0.3 is 10.2 Å². The summed E-state index contributed by atoms with van der Waals surface area (Å²) in [6.07, 6.45) is 8.06. The van der Waals surface area contributed by atoms with Crippen LogP contribution in [0.25, 0.3) is 0 Å². The van der Waals surface area contributed by atoms with Crippen LogP contribution >= 0.6 is 11.8 Å². The molecule has 0 aliphatic heterocycles. The molecule has 0 saturated heterocycles. The summed E-state index contributed by atoms with van der Waals surface area (Å²) in [5, 5.41) is 3.99. The predicted octanol–water partition coefficient (Wildman–Crippen LogP) is 3.16. The number of thioether (sulfide) groups is 1. The van der Waals surface area contributed by atoms with E-state index in [1.807, 2.05) is 11.8 Å². The number of aromatic nitrogens is 2. The third-order valence-electron chi connectivity index (χ3n) is 3.44. The Morgan fingerprint density at radius 3 is 2.80 bits per heavy atom. The number of nitrogens with zero attached hydrogens (tertiary/aromatic N) is 3. The summed E-state index contributed by atoms with van der Waals surface area (Å²) >= 11 is 2.03. The summed E-state index contributed by atoms with van der Waals surface area (Å²) in [5.74, 6) is 1.47. The van der Waals surface area contributed by atoms with Crippen LogP contribution in [0.4, 0.5) is 16.2 Å². The SMILES string of the molecule is CN(C)c1nc(NCCSC2CCCCC2)ncc1F. The average Bonchev–Trinajstić information content (AvgIpc) is 2.46. The number of rotatable bonds is 6. The van der Waals surface area contributed by atoms with Crippen LogP contribution in [-0.4, -0.2) is 41.6 Å². The zero-order valence-corrected chi connectivity index (χ0v) is 13.0. The fourth-order valence-electron chi connectivity index (χ4n) is 2.38. The van der Waals surface area contributed by atoms with Gasteiger partial charge in [-0.15, -0.1) is 0 Å². The molecule has 0 amide bonds. The highest BCUT2D eigenvalue weighted by atomic mass is 32.2. The molecule has 1 fully saturated rings. The quantitative estimate of drug-likeness (QED) is 0.817. The predicted molar refractivity (Wildman–Crippen MR) is 84.1 cm³/mol. The van der Waals surface area contributed by atoms with Gasteiger partial charge in [0.05, 0.1) is 6.20 Å². The summed E-state index contributed by atoms with van der Waals surface area (Å²) in [4.78, 5) is 9.80. The zero-order chi connectivity index (χ0) is 14.4. The lowest BCUT2D eigenvalue weighted by atomic mass is 10.0. The normalized spacial score (nSPS) is 16.1. The van der Waals surface area contributed by atoms with E-state index >= 15 is 0 Å². The molecule has 1 aliphatic carbocycles. The molecule has 0 radical (unpaired) electrons. The van der Waals surface area contributed by atoms with Crippen molar-refractivity contribution in [2.45, 2.75) is 37.4 Å². The topological polar surface area (TPSA) is 41.1 Å². The molecule has 6 heteroatoms. The van der Waals surface area contributed by atoms with Gasteiger partial charge in [-0.3, -0.25) is 0 Å². The highest BCUT2D eigenvalue weighted by Gasteiger charge is 2.13. The van der Waals surface area contributed by atoms with E-state index in [0.29, 0.717) is 11.8 Å². The van der Waals surface area contributed by atoms with Crippen LogP contribution in [0, 0.1) is 5.82 Å². The van der Waals surface area contributed by atoms with Crippen molar-refractivity contribution < 1.29 is 4.39 Å². The van der Waals surface area contributed by atoms with Crippen molar-refractivity contribution in [3.05, 3.63) is 12.0 Å². The molecule has 1 aliphatic rings. The van der Waals surface area contributed by atoms with Crippen LogP contribution in [-0.2, 0) is 0 Å². The minimum absolute atomic E-state index is 0.322. The van der Waals surface area contributed by atoms with Crippen LogP contribution in [0.2, 0.25) is 0 Å². The van der Waals surface area contributed by atoms with Crippen LogP contribution < -0.4 is 10.2 Å².